The largest absolute Gasteiger partial charge is 0.496 e. The molecule has 2 rings (SSSR count). The lowest BCUT2D eigenvalue weighted by molar-refractivity contribution is -0.148. The number of carbonyl (C=O) groups is 1. The zero-order valence-corrected chi connectivity index (χ0v) is 12.8. The monoisotopic (exact) mass is 294 g/mol. The Bertz CT molecular complexity index is 538. The molecule has 0 saturated heterocycles. The number of hydrogen-bond acceptors (Lipinski definition) is 4. The molecular formula is C16H22O5. The summed E-state index contributed by atoms with van der Waals surface area (Å²) in [5, 5.41) is 19.9. The van der Waals surface area contributed by atoms with Crippen molar-refractivity contribution in [2.45, 2.75) is 39.4 Å². The molecule has 2 N–H and O–H groups in total. The number of aliphatic carboxylic acids is 1. The number of ether oxygens (including phenoxy) is 2. The number of carboxylic acid groups (broad SMARTS) is 1. The Balaban J connectivity index is 2.43. The quantitative estimate of drug-likeness (QED) is 0.872. The van der Waals surface area contributed by atoms with Gasteiger partial charge in [-0.3, -0.25) is 4.79 Å². The van der Waals surface area contributed by atoms with Crippen molar-refractivity contribution in [2.75, 3.05) is 7.11 Å². The van der Waals surface area contributed by atoms with Gasteiger partial charge in [0.05, 0.1) is 19.1 Å². The minimum Gasteiger partial charge on any atom is -0.496 e. The van der Waals surface area contributed by atoms with Gasteiger partial charge in [0.15, 0.2) is 0 Å². The molecule has 3 unspecified atom stereocenters. The standard InChI is InChI=1S/C16H22O5/c1-8(2)14(16(18)19)15(17)11-7-12-10(5-9(3)21-12)6-13(11)20-4/h6-9,14-15,17H,5H2,1-4H3,(H,18,19). The fraction of sp³-hybridized carbons (Fsp3) is 0.562. The molecule has 5 nitrogen and oxygen atoms in total. The molecule has 0 amide bonds. The van der Waals surface area contributed by atoms with Crippen molar-refractivity contribution in [1.82, 2.24) is 0 Å². The smallest absolute Gasteiger partial charge is 0.309 e. The molecule has 5 heteroatoms. The molecule has 3 atom stereocenters. The molecule has 0 aliphatic carbocycles. The molecule has 1 heterocycles. The summed E-state index contributed by atoms with van der Waals surface area (Å²) >= 11 is 0. The van der Waals surface area contributed by atoms with Crippen LogP contribution < -0.4 is 9.47 Å². The van der Waals surface area contributed by atoms with Crippen molar-refractivity contribution in [1.29, 1.82) is 0 Å². The number of methoxy groups -OCH3 is 1. The van der Waals surface area contributed by atoms with Gasteiger partial charge >= 0.3 is 5.97 Å². The molecule has 0 bridgehead atoms. The highest BCUT2D eigenvalue weighted by Gasteiger charge is 2.34. The van der Waals surface area contributed by atoms with Crippen LogP contribution in [0.3, 0.4) is 0 Å². The SMILES string of the molecule is COc1cc2c(cc1C(O)C(C(=O)O)C(C)C)OC(C)C2. The van der Waals surface area contributed by atoms with Gasteiger partial charge in [-0.1, -0.05) is 13.8 Å². The van der Waals surface area contributed by atoms with Crippen molar-refractivity contribution in [3.8, 4) is 11.5 Å². The minimum atomic E-state index is -1.14. The third kappa shape index (κ3) is 2.97. The molecule has 0 radical (unpaired) electrons. The average molecular weight is 294 g/mol. The maximum atomic E-state index is 11.4. The normalized spacial score (nSPS) is 19.8. The Labute approximate surface area is 124 Å². The summed E-state index contributed by atoms with van der Waals surface area (Å²) in [5.41, 5.74) is 1.48. The number of carboxylic acids is 1. The molecule has 116 valence electrons. The highest BCUT2D eigenvalue weighted by molar-refractivity contribution is 5.71. The molecule has 0 spiro atoms. The second kappa shape index (κ2) is 5.93. The number of aliphatic hydroxyl groups excluding tert-OH is 1. The summed E-state index contributed by atoms with van der Waals surface area (Å²) in [7, 11) is 1.52. The lowest BCUT2D eigenvalue weighted by Crippen LogP contribution is -2.27. The third-order valence-corrected chi connectivity index (χ3v) is 3.91. The van der Waals surface area contributed by atoms with Crippen LogP contribution in [0.25, 0.3) is 0 Å². The van der Waals surface area contributed by atoms with E-state index in [0.29, 0.717) is 17.1 Å². The van der Waals surface area contributed by atoms with Crippen LogP contribution in [-0.4, -0.2) is 29.4 Å². The fourth-order valence-electron chi connectivity index (χ4n) is 2.84. The van der Waals surface area contributed by atoms with E-state index < -0.39 is 18.0 Å². The summed E-state index contributed by atoms with van der Waals surface area (Å²) in [6, 6.07) is 3.54. The minimum absolute atomic E-state index is 0.0810. The van der Waals surface area contributed by atoms with Crippen LogP contribution in [0.2, 0.25) is 0 Å². The van der Waals surface area contributed by atoms with E-state index in [-0.39, 0.29) is 12.0 Å². The van der Waals surface area contributed by atoms with Crippen LogP contribution in [-0.2, 0) is 11.2 Å². The van der Waals surface area contributed by atoms with Gasteiger partial charge in [0.1, 0.15) is 17.6 Å². The van der Waals surface area contributed by atoms with E-state index in [4.69, 9.17) is 9.47 Å². The van der Waals surface area contributed by atoms with Crippen LogP contribution in [0.15, 0.2) is 12.1 Å². The maximum Gasteiger partial charge on any atom is 0.309 e. The van der Waals surface area contributed by atoms with Gasteiger partial charge in [-0.25, -0.2) is 0 Å². The van der Waals surface area contributed by atoms with Crippen LogP contribution >= 0.6 is 0 Å². The molecule has 1 aliphatic heterocycles. The Morgan fingerprint density at radius 3 is 2.62 bits per heavy atom. The van der Waals surface area contributed by atoms with Crippen molar-refractivity contribution in [3.63, 3.8) is 0 Å². The molecule has 21 heavy (non-hydrogen) atoms. The van der Waals surface area contributed by atoms with E-state index >= 15 is 0 Å². The van der Waals surface area contributed by atoms with Gasteiger partial charge in [0, 0.05) is 17.5 Å². The Morgan fingerprint density at radius 2 is 2.10 bits per heavy atom. The van der Waals surface area contributed by atoms with Gasteiger partial charge in [-0.2, -0.15) is 0 Å². The molecule has 1 aliphatic rings. The first-order chi connectivity index (χ1) is 9.85. The summed E-state index contributed by atoms with van der Waals surface area (Å²) in [6.45, 7) is 5.53. The number of benzene rings is 1. The van der Waals surface area contributed by atoms with Crippen molar-refractivity contribution in [3.05, 3.63) is 23.3 Å². The lowest BCUT2D eigenvalue weighted by atomic mass is 9.85. The van der Waals surface area contributed by atoms with E-state index in [1.54, 1.807) is 19.9 Å². The topological polar surface area (TPSA) is 76.0 Å². The summed E-state index contributed by atoms with van der Waals surface area (Å²) in [6.07, 6.45) is -0.269. The molecule has 0 fully saturated rings. The van der Waals surface area contributed by atoms with Gasteiger partial charge in [-0.05, 0) is 25.0 Å². The maximum absolute atomic E-state index is 11.4. The summed E-state index contributed by atoms with van der Waals surface area (Å²) in [5.74, 6) is -0.906. The number of rotatable bonds is 5. The third-order valence-electron chi connectivity index (χ3n) is 3.91. The fourth-order valence-corrected chi connectivity index (χ4v) is 2.84. The van der Waals surface area contributed by atoms with Crippen molar-refractivity contribution in [2.24, 2.45) is 11.8 Å². The predicted molar refractivity (Wildman–Crippen MR) is 77.7 cm³/mol. The summed E-state index contributed by atoms with van der Waals surface area (Å²) < 4.78 is 11.0. The van der Waals surface area contributed by atoms with Gasteiger partial charge in [0.25, 0.3) is 0 Å². The zero-order chi connectivity index (χ0) is 15.7. The molecule has 1 aromatic rings. The van der Waals surface area contributed by atoms with E-state index in [9.17, 15) is 15.0 Å². The first kappa shape index (κ1) is 15.6. The van der Waals surface area contributed by atoms with Gasteiger partial charge in [-0.15, -0.1) is 0 Å². The van der Waals surface area contributed by atoms with Crippen LogP contribution in [0, 0.1) is 11.8 Å². The van der Waals surface area contributed by atoms with Gasteiger partial charge in [0.2, 0.25) is 0 Å². The molecular weight excluding hydrogens is 272 g/mol. The second-order valence-electron chi connectivity index (χ2n) is 5.89. The molecule has 0 aromatic heterocycles. The van der Waals surface area contributed by atoms with E-state index in [2.05, 4.69) is 0 Å². The van der Waals surface area contributed by atoms with Crippen LogP contribution in [0.4, 0.5) is 0 Å². The number of fused-ring (bicyclic) bond motifs is 1. The second-order valence-corrected chi connectivity index (χ2v) is 5.89. The number of aliphatic hydroxyl groups is 1. The Kier molecular flexibility index (Phi) is 4.42. The zero-order valence-electron chi connectivity index (χ0n) is 12.8. The number of hydrogen-bond donors (Lipinski definition) is 2. The van der Waals surface area contributed by atoms with Gasteiger partial charge < -0.3 is 19.7 Å². The predicted octanol–water partition coefficient (Wildman–Crippen LogP) is 2.41. The first-order valence-electron chi connectivity index (χ1n) is 7.13. The van der Waals surface area contributed by atoms with Crippen LogP contribution in [0.5, 0.6) is 11.5 Å². The Morgan fingerprint density at radius 1 is 1.43 bits per heavy atom. The highest BCUT2D eigenvalue weighted by Crippen LogP contribution is 2.40. The molecule has 1 aromatic carbocycles. The van der Waals surface area contributed by atoms with E-state index in [1.807, 2.05) is 13.0 Å². The van der Waals surface area contributed by atoms with Crippen LogP contribution in [0.1, 0.15) is 38.0 Å². The first-order valence-corrected chi connectivity index (χ1v) is 7.13. The average Bonchev–Trinajstić information content (AvgIpc) is 2.75. The molecule has 0 saturated carbocycles. The van der Waals surface area contributed by atoms with E-state index in [0.717, 1.165) is 12.0 Å². The summed E-state index contributed by atoms with van der Waals surface area (Å²) in [4.78, 5) is 11.4. The Hall–Kier alpha value is -1.75. The van der Waals surface area contributed by atoms with Crippen molar-refractivity contribution >= 4 is 5.97 Å². The van der Waals surface area contributed by atoms with Crippen molar-refractivity contribution < 1.29 is 24.5 Å². The highest BCUT2D eigenvalue weighted by atomic mass is 16.5. The lowest BCUT2D eigenvalue weighted by Gasteiger charge is -2.24. The van der Waals surface area contributed by atoms with E-state index in [1.165, 1.54) is 7.11 Å².